The van der Waals surface area contributed by atoms with Gasteiger partial charge in [0.1, 0.15) is 17.8 Å². The summed E-state index contributed by atoms with van der Waals surface area (Å²) < 4.78 is 44.7. The van der Waals surface area contributed by atoms with Crippen LogP contribution in [0.1, 0.15) is 82.6 Å². The molecule has 40 heavy (non-hydrogen) atoms. The van der Waals surface area contributed by atoms with E-state index in [1.807, 2.05) is 0 Å². The summed E-state index contributed by atoms with van der Waals surface area (Å²) in [5.41, 5.74) is -1.08. The van der Waals surface area contributed by atoms with Gasteiger partial charge in [-0.05, 0) is 48.9 Å². The van der Waals surface area contributed by atoms with Crippen LogP contribution >= 0.6 is 0 Å². The largest absolute Gasteiger partial charge is 0.480 e. The number of carbonyl (C=O) groups is 3. The minimum atomic E-state index is -4.81. The van der Waals surface area contributed by atoms with E-state index in [-0.39, 0.29) is 24.1 Å². The molecule has 6 unspecified atom stereocenters. The Kier molecular flexibility index (Phi) is 9.06. The van der Waals surface area contributed by atoms with Gasteiger partial charge in [-0.2, -0.15) is 13.2 Å². The molecule has 0 bridgehead atoms. The van der Waals surface area contributed by atoms with Crippen molar-refractivity contribution in [1.82, 2.24) is 25.5 Å². The normalized spacial score (nSPS) is 26.1. The van der Waals surface area contributed by atoms with Gasteiger partial charge in [0.25, 0.3) is 5.91 Å². The maximum absolute atomic E-state index is 14.9. The molecular weight excluding hydrogens is 527 g/mol. The van der Waals surface area contributed by atoms with Gasteiger partial charge in [0.15, 0.2) is 0 Å². The average molecular weight is 568 g/mol. The molecule has 3 aliphatic rings. The second kappa shape index (κ2) is 12.0. The molecule has 2 heterocycles. The molecule has 1 aliphatic heterocycles. The molecule has 2 amide bonds. The number of nitrogens with one attached hydrogen (secondary N) is 2. The Morgan fingerprint density at radius 1 is 1.02 bits per heavy atom. The highest BCUT2D eigenvalue weighted by Crippen LogP contribution is 2.43. The molecule has 2 saturated carbocycles. The van der Waals surface area contributed by atoms with Gasteiger partial charge >= 0.3 is 12.1 Å². The number of hydrogen-bond acceptors (Lipinski definition) is 6. The molecular formula is C28H40F3N5O4. The molecule has 12 heteroatoms. The van der Waals surface area contributed by atoms with E-state index in [0.717, 1.165) is 32.1 Å². The highest BCUT2D eigenvalue weighted by Gasteiger charge is 2.55. The van der Waals surface area contributed by atoms with Crippen molar-refractivity contribution in [2.45, 2.75) is 102 Å². The van der Waals surface area contributed by atoms with Crippen molar-refractivity contribution >= 4 is 17.8 Å². The van der Waals surface area contributed by atoms with Crippen molar-refractivity contribution in [3.8, 4) is 0 Å². The van der Waals surface area contributed by atoms with Crippen molar-refractivity contribution in [3.63, 3.8) is 0 Å². The number of carboxylic acid groups (broad SMARTS) is 1. The van der Waals surface area contributed by atoms with Crippen LogP contribution in [0, 0.1) is 23.2 Å². The van der Waals surface area contributed by atoms with Gasteiger partial charge < -0.3 is 15.3 Å². The molecule has 0 aromatic carbocycles. The fourth-order valence-corrected chi connectivity index (χ4v) is 6.90. The van der Waals surface area contributed by atoms with Crippen LogP contribution in [0.3, 0.4) is 0 Å². The van der Waals surface area contributed by atoms with Crippen LogP contribution in [0.2, 0.25) is 0 Å². The minimum absolute atomic E-state index is 0.0327. The summed E-state index contributed by atoms with van der Waals surface area (Å²) in [7, 11) is 0. The van der Waals surface area contributed by atoms with Crippen molar-refractivity contribution in [1.29, 1.82) is 0 Å². The first-order valence-corrected chi connectivity index (χ1v) is 14.2. The first-order valence-electron chi connectivity index (χ1n) is 14.2. The topological polar surface area (TPSA) is 125 Å². The number of fused-ring (bicyclic) bond motifs is 1. The quantitative estimate of drug-likeness (QED) is 0.437. The second-order valence-electron chi connectivity index (χ2n) is 12.6. The SMILES string of the molecule is CC(C)(C)C(NC(C(NC(=O)c1cnccn1)C1CCCCC1)C(F)(F)F)C(=O)N1CC2CCCC2C1C(=O)O. The maximum atomic E-state index is 14.9. The van der Waals surface area contributed by atoms with Crippen molar-refractivity contribution in [2.24, 2.45) is 23.2 Å². The maximum Gasteiger partial charge on any atom is 0.405 e. The van der Waals surface area contributed by atoms with Crippen LogP contribution < -0.4 is 10.6 Å². The first-order chi connectivity index (χ1) is 18.8. The smallest absolute Gasteiger partial charge is 0.405 e. The van der Waals surface area contributed by atoms with Crippen LogP contribution in [-0.2, 0) is 9.59 Å². The van der Waals surface area contributed by atoms with Crippen LogP contribution in [0.25, 0.3) is 0 Å². The van der Waals surface area contributed by atoms with E-state index >= 15 is 0 Å². The van der Waals surface area contributed by atoms with E-state index in [2.05, 4.69) is 20.6 Å². The third-order valence-electron chi connectivity index (χ3n) is 8.85. The highest BCUT2D eigenvalue weighted by atomic mass is 19.4. The van der Waals surface area contributed by atoms with Crippen molar-refractivity contribution in [2.75, 3.05) is 6.54 Å². The van der Waals surface area contributed by atoms with Crippen LogP contribution in [-0.4, -0.2) is 74.6 Å². The number of carbonyl (C=O) groups excluding carboxylic acids is 2. The lowest BCUT2D eigenvalue weighted by atomic mass is 9.79. The molecule has 1 aromatic heterocycles. The van der Waals surface area contributed by atoms with Crippen LogP contribution in [0.5, 0.6) is 0 Å². The first kappa shape index (κ1) is 30.2. The van der Waals surface area contributed by atoms with Crippen molar-refractivity contribution in [3.05, 3.63) is 24.3 Å². The van der Waals surface area contributed by atoms with E-state index in [1.54, 1.807) is 20.8 Å². The Hall–Kier alpha value is -2.76. The Balaban J connectivity index is 1.66. The second-order valence-corrected chi connectivity index (χ2v) is 12.6. The molecule has 9 nitrogen and oxygen atoms in total. The molecule has 3 N–H and O–H groups in total. The predicted octanol–water partition coefficient (Wildman–Crippen LogP) is 3.80. The lowest BCUT2D eigenvalue weighted by molar-refractivity contribution is -0.173. The summed E-state index contributed by atoms with van der Waals surface area (Å²) >= 11 is 0. The summed E-state index contributed by atoms with van der Waals surface area (Å²) in [6.07, 6.45) is 4.81. The summed E-state index contributed by atoms with van der Waals surface area (Å²) in [5.74, 6) is -3.17. The summed E-state index contributed by atoms with van der Waals surface area (Å²) in [6.45, 7) is 5.21. The fraction of sp³-hybridized carbons (Fsp3) is 0.750. The lowest BCUT2D eigenvalue weighted by Gasteiger charge is -2.42. The molecule has 4 rings (SSSR count). The Morgan fingerprint density at radius 2 is 1.73 bits per heavy atom. The van der Waals surface area contributed by atoms with Gasteiger partial charge in [-0.3, -0.25) is 19.9 Å². The monoisotopic (exact) mass is 567 g/mol. The number of aliphatic carboxylic acids is 1. The number of aromatic nitrogens is 2. The zero-order chi connectivity index (χ0) is 29.2. The number of nitrogens with zero attached hydrogens (tertiary/aromatic N) is 3. The van der Waals surface area contributed by atoms with Gasteiger partial charge in [-0.25, -0.2) is 9.78 Å². The number of rotatable bonds is 8. The third kappa shape index (κ3) is 6.58. The predicted molar refractivity (Wildman–Crippen MR) is 140 cm³/mol. The van der Waals surface area contributed by atoms with Gasteiger partial charge in [-0.1, -0.05) is 46.5 Å². The van der Waals surface area contributed by atoms with E-state index in [4.69, 9.17) is 0 Å². The van der Waals surface area contributed by atoms with Gasteiger partial charge in [0, 0.05) is 18.9 Å². The van der Waals surface area contributed by atoms with Gasteiger partial charge in [0.05, 0.1) is 18.3 Å². The van der Waals surface area contributed by atoms with Crippen LogP contribution in [0.4, 0.5) is 13.2 Å². The number of hydrogen-bond donors (Lipinski definition) is 3. The Bertz CT molecular complexity index is 1060. The standard InChI is InChI=1S/C28H40F3N5O4/c1-27(2,3)23(25(38)36-15-17-10-7-11-18(17)21(36)26(39)40)35-22(28(29,30)31)20(16-8-5-4-6-9-16)34-24(37)19-14-32-12-13-33-19/h12-14,16-18,20-23,35H,4-11,15H2,1-3H3,(H,34,37)(H,39,40). The summed E-state index contributed by atoms with van der Waals surface area (Å²) in [5, 5.41) is 15.2. The van der Waals surface area contributed by atoms with E-state index in [9.17, 15) is 32.7 Å². The van der Waals surface area contributed by atoms with Crippen LogP contribution in [0.15, 0.2) is 18.6 Å². The Morgan fingerprint density at radius 3 is 2.30 bits per heavy atom. The fourth-order valence-electron chi connectivity index (χ4n) is 6.90. The molecule has 1 aromatic rings. The van der Waals surface area contributed by atoms with Gasteiger partial charge in [0.2, 0.25) is 5.91 Å². The number of halogens is 3. The molecule has 3 fully saturated rings. The zero-order valence-electron chi connectivity index (χ0n) is 23.3. The lowest BCUT2D eigenvalue weighted by Crippen LogP contribution is -2.66. The van der Waals surface area contributed by atoms with E-state index in [1.165, 1.54) is 23.5 Å². The molecule has 6 atom stereocenters. The third-order valence-corrected chi connectivity index (χ3v) is 8.85. The molecule has 0 radical (unpaired) electrons. The van der Waals surface area contributed by atoms with E-state index in [0.29, 0.717) is 19.3 Å². The van der Waals surface area contributed by atoms with Gasteiger partial charge in [-0.15, -0.1) is 0 Å². The number of amides is 2. The van der Waals surface area contributed by atoms with E-state index < -0.39 is 59.5 Å². The highest BCUT2D eigenvalue weighted by molar-refractivity contribution is 5.92. The molecule has 1 saturated heterocycles. The molecule has 0 spiro atoms. The van der Waals surface area contributed by atoms with Crippen molar-refractivity contribution < 1.29 is 32.7 Å². The zero-order valence-corrected chi connectivity index (χ0v) is 23.3. The molecule has 222 valence electrons. The minimum Gasteiger partial charge on any atom is -0.480 e. The number of carboxylic acids is 1. The average Bonchev–Trinajstić information content (AvgIpc) is 3.49. The molecule has 2 aliphatic carbocycles. The number of likely N-dealkylation sites (tertiary alicyclic amines) is 1. The number of alkyl halides is 3. The summed E-state index contributed by atoms with van der Waals surface area (Å²) in [4.78, 5) is 48.3. The Labute approximate surface area is 232 Å². The summed E-state index contributed by atoms with van der Waals surface area (Å²) in [6, 6.07) is -5.99.